The zero-order valence-corrected chi connectivity index (χ0v) is 12.1. The molecule has 1 N–H and O–H groups in total. The molecule has 1 aliphatic carbocycles. The van der Waals surface area contributed by atoms with Crippen molar-refractivity contribution >= 4 is 0 Å². The van der Waals surface area contributed by atoms with E-state index in [-0.39, 0.29) is 24.0 Å². The third kappa shape index (κ3) is 3.68. The Morgan fingerprint density at radius 1 is 1.29 bits per heavy atom. The highest BCUT2D eigenvalue weighted by Gasteiger charge is 2.44. The lowest BCUT2D eigenvalue weighted by Crippen LogP contribution is -2.61. The van der Waals surface area contributed by atoms with E-state index in [1.165, 1.54) is 18.2 Å². The van der Waals surface area contributed by atoms with E-state index in [0.717, 1.165) is 19.0 Å². The molecule has 1 aromatic carbocycles. The van der Waals surface area contributed by atoms with Crippen molar-refractivity contribution in [2.45, 2.75) is 44.2 Å². The molecule has 0 saturated heterocycles. The van der Waals surface area contributed by atoms with Gasteiger partial charge in [-0.25, -0.2) is 0 Å². The molecule has 3 unspecified atom stereocenters. The number of hydrogen-bond acceptors (Lipinski definition) is 3. The van der Waals surface area contributed by atoms with Gasteiger partial charge in [-0.05, 0) is 25.1 Å². The Labute approximate surface area is 122 Å². The first-order chi connectivity index (χ1) is 9.97. The maximum Gasteiger partial charge on any atom is 0.419 e. The molecule has 1 aromatic rings. The lowest BCUT2D eigenvalue weighted by Gasteiger charge is -2.43. The summed E-state index contributed by atoms with van der Waals surface area (Å²) in [5, 5.41) is 3.30. The minimum Gasteiger partial charge on any atom is -0.487 e. The molecule has 118 valence electrons. The van der Waals surface area contributed by atoms with Crippen LogP contribution in [0, 0.1) is 0 Å². The lowest BCUT2D eigenvalue weighted by atomic mass is 9.85. The zero-order valence-electron chi connectivity index (χ0n) is 12.1. The van der Waals surface area contributed by atoms with Gasteiger partial charge in [0, 0.05) is 19.6 Å². The highest BCUT2D eigenvalue weighted by molar-refractivity contribution is 5.36. The Balaban J connectivity index is 2.03. The summed E-state index contributed by atoms with van der Waals surface area (Å²) in [5.41, 5.74) is -0.746. The van der Waals surface area contributed by atoms with Crippen molar-refractivity contribution in [3.05, 3.63) is 29.8 Å². The minimum atomic E-state index is -4.41. The molecule has 3 atom stereocenters. The van der Waals surface area contributed by atoms with E-state index in [9.17, 15) is 13.2 Å². The van der Waals surface area contributed by atoms with Crippen molar-refractivity contribution in [1.82, 2.24) is 5.32 Å². The highest BCUT2D eigenvalue weighted by atomic mass is 19.4. The van der Waals surface area contributed by atoms with Crippen LogP contribution in [0.5, 0.6) is 5.75 Å². The van der Waals surface area contributed by atoms with Gasteiger partial charge in [-0.2, -0.15) is 13.2 Å². The van der Waals surface area contributed by atoms with E-state index >= 15 is 0 Å². The van der Waals surface area contributed by atoms with Crippen LogP contribution >= 0.6 is 0 Å². The summed E-state index contributed by atoms with van der Waals surface area (Å²) in [6.07, 6.45) is -3.35. The summed E-state index contributed by atoms with van der Waals surface area (Å²) >= 11 is 0. The average Bonchev–Trinajstić information content (AvgIpc) is 2.41. The molecule has 2 rings (SSSR count). The van der Waals surface area contributed by atoms with Crippen LogP contribution in [-0.2, 0) is 10.9 Å². The number of hydrogen-bond donors (Lipinski definition) is 1. The number of ether oxygens (including phenoxy) is 2. The van der Waals surface area contributed by atoms with Crippen LogP contribution in [0.1, 0.15) is 25.3 Å². The summed E-state index contributed by atoms with van der Waals surface area (Å²) < 4.78 is 49.6. The predicted octanol–water partition coefficient (Wildman–Crippen LogP) is 3.24. The standard InChI is InChI=1S/C15H20F3NO2/c1-3-8-19-11-9-13(14(11)20-2)21-12-7-5-4-6-10(12)15(16,17)18/h4-7,11,13-14,19H,3,8-9H2,1-2H3. The fraction of sp³-hybridized carbons (Fsp3) is 0.600. The summed E-state index contributed by atoms with van der Waals surface area (Å²) in [7, 11) is 1.55. The number of benzene rings is 1. The normalized spacial score (nSPS) is 25.5. The molecule has 1 aliphatic rings. The fourth-order valence-electron chi connectivity index (χ4n) is 2.51. The van der Waals surface area contributed by atoms with Gasteiger partial charge in [0.2, 0.25) is 0 Å². The van der Waals surface area contributed by atoms with E-state index in [0.29, 0.717) is 6.42 Å². The molecule has 0 heterocycles. The maximum absolute atomic E-state index is 12.9. The lowest BCUT2D eigenvalue weighted by molar-refractivity contribution is -0.142. The number of alkyl halides is 3. The second-order valence-corrected chi connectivity index (χ2v) is 5.15. The van der Waals surface area contributed by atoms with Crippen LogP contribution in [0.2, 0.25) is 0 Å². The van der Waals surface area contributed by atoms with Crippen molar-refractivity contribution in [3.63, 3.8) is 0 Å². The van der Waals surface area contributed by atoms with Crippen LogP contribution in [-0.4, -0.2) is 31.9 Å². The first kappa shape index (κ1) is 16.1. The number of nitrogens with one attached hydrogen (secondary N) is 1. The zero-order chi connectivity index (χ0) is 15.5. The van der Waals surface area contributed by atoms with Crippen molar-refractivity contribution in [2.24, 2.45) is 0 Å². The molecule has 0 amide bonds. The van der Waals surface area contributed by atoms with Gasteiger partial charge in [-0.15, -0.1) is 0 Å². The fourth-order valence-corrected chi connectivity index (χ4v) is 2.51. The number of methoxy groups -OCH3 is 1. The predicted molar refractivity (Wildman–Crippen MR) is 73.4 cm³/mol. The summed E-state index contributed by atoms with van der Waals surface area (Å²) in [5.74, 6) is -0.133. The molecule has 0 aromatic heterocycles. The Morgan fingerprint density at radius 2 is 2.00 bits per heavy atom. The van der Waals surface area contributed by atoms with Gasteiger partial charge < -0.3 is 14.8 Å². The van der Waals surface area contributed by atoms with Crippen molar-refractivity contribution < 1.29 is 22.6 Å². The second kappa shape index (κ2) is 6.66. The van der Waals surface area contributed by atoms with Crippen LogP contribution in [0.25, 0.3) is 0 Å². The van der Waals surface area contributed by atoms with E-state index in [4.69, 9.17) is 9.47 Å². The molecule has 0 aliphatic heterocycles. The quantitative estimate of drug-likeness (QED) is 0.875. The van der Waals surface area contributed by atoms with Crippen LogP contribution in [0.15, 0.2) is 24.3 Å². The smallest absolute Gasteiger partial charge is 0.419 e. The molecule has 21 heavy (non-hydrogen) atoms. The Bertz CT molecular complexity index is 464. The van der Waals surface area contributed by atoms with E-state index < -0.39 is 11.7 Å². The van der Waals surface area contributed by atoms with Crippen molar-refractivity contribution in [1.29, 1.82) is 0 Å². The van der Waals surface area contributed by atoms with Gasteiger partial charge in [-0.3, -0.25) is 0 Å². The molecular weight excluding hydrogens is 283 g/mol. The van der Waals surface area contributed by atoms with E-state index in [2.05, 4.69) is 12.2 Å². The largest absolute Gasteiger partial charge is 0.487 e. The first-order valence-corrected chi connectivity index (χ1v) is 7.06. The van der Waals surface area contributed by atoms with Gasteiger partial charge in [0.25, 0.3) is 0 Å². The Morgan fingerprint density at radius 3 is 2.62 bits per heavy atom. The molecule has 1 saturated carbocycles. The molecular formula is C15H20F3NO2. The molecule has 0 radical (unpaired) electrons. The third-order valence-electron chi connectivity index (χ3n) is 3.65. The number of rotatable bonds is 6. The maximum atomic E-state index is 12.9. The summed E-state index contributed by atoms with van der Waals surface area (Å²) in [6.45, 7) is 2.91. The van der Waals surface area contributed by atoms with Gasteiger partial charge in [0.05, 0.1) is 5.56 Å². The SMILES string of the molecule is CCCNC1CC(Oc2ccccc2C(F)(F)F)C1OC. The second-order valence-electron chi connectivity index (χ2n) is 5.15. The van der Waals surface area contributed by atoms with Gasteiger partial charge in [0.1, 0.15) is 18.0 Å². The molecule has 0 spiro atoms. The summed E-state index contributed by atoms with van der Waals surface area (Å²) in [6, 6.07) is 5.41. The van der Waals surface area contributed by atoms with Crippen molar-refractivity contribution in [2.75, 3.05) is 13.7 Å². The van der Waals surface area contributed by atoms with Crippen LogP contribution in [0.3, 0.4) is 0 Å². The molecule has 1 fully saturated rings. The van der Waals surface area contributed by atoms with Gasteiger partial charge in [0.15, 0.2) is 0 Å². The molecule has 0 bridgehead atoms. The van der Waals surface area contributed by atoms with E-state index in [1.807, 2.05) is 0 Å². The van der Waals surface area contributed by atoms with Gasteiger partial charge >= 0.3 is 6.18 Å². The molecule has 3 nitrogen and oxygen atoms in total. The van der Waals surface area contributed by atoms with Crippen LogP contribution < -0.4 is 10.1 Å². The first-order valence-electron chi connectivity index (χ1n) is 7.06. The van der Waals surface area contributed by atoms with Crippen molar-refractivity contribution in [3.8, 4) is 5.75 Å². The summed E-state index contributed by atoms with van der Waals surface area (Å²) in [4.78, 5) is 0. The van der Waals surface area contributed by atoms with E-state index in [1.54, 1.807) is 7.11 Å². The highest BCUT2D eigenvalue weighted by Crippen LogP contribution is 2.38. The monoisotopic (exact) mass is 303 g/mol. The molecule has 6 heteroatoms. The number of halogens is 3. The van der Waals surface area contributed by atoms with Gasteiger partial charge in [-0.1, -0.05) is 19.1 Å². The minimum absolute atomic E-state index is 0.133. The van der Waals surface area contributed by atoms with Crippen LogP contribution in [0.4, 0.5) is 13.2 Å². The topological polar surface area (TPSA) is 30.5 Å². The Kier molecular flexibility index (Phi) is 5.11. The average molecular weight is 303 g/mol. The number of para-hydroxylation sites is 1. The third-order valence-corrected chi connectivity index (χ3v) is 3.65. The Hall–Kier alpha value is -1.27.